The number of para-hydroxylation sites is 1. The highest BCUT2D eigenvalue weighted by atomic mass is 127. The summed E-state index contributed by atoms with van der Waals surface area (Å²) in [5.41, 5.74) is 5.64. The molecule has 1 N–H and O–H groups in total. The second-order valence-electron chi connectivity index (χ2n) is 10.0. The zero-order valence-electron chi connectivity index (χ0n) is 18.8. The van der Waals surface area contributed by atoms with E-state index >= 15 is 0 Å². The highest BCUT2D eigenvalue weighted by Crippen LogP contribution is 2.37. The molecule has 0 unspecified atom stereocenters. The average Bonchev–Trinajstić information content (AvgIpc) is 2.66. The van der Waals surface area contributed by atoms with Gasteiger partial charge in [-0.3, -0.25) is 4.79 Å². The molecule has 2 aromatic rings. The van der Waals surface area contributed by atoms with Crippen LogP contribution in [0.1, 0.15) is 52.7 Å². The van der Waals surface area contributed by atoms with Gasteiger partial charge >= 0.3 is 0 Å². The standard InChI is InChI=1S/C26H27IN2O2/c1-25(2,3)15-11-16(26(4,5)6)24-21(12-15)29-20-13-19(22(30)14-23(20)31-24)28-18-10-8-7-9-17(18)27/h7-14,28H,1-6H3. The van der Waals surface area contributed by atoms with Crippen molar-refractivity contribution >= 4 is 45.1 Å². The fourth-order valence-corrected chi connectivity index (χ4v) is 4.08. The molecule has 2 aliphatic rings. The Bertz CT molecular complexity index is 1310. The zero-order chi connectivity index (χ0) is 22.6. The summed E-state index contributed by atoms with van der Waals surface area (Å²) in [6.07, 6.45) is 0. The number of benzene rings is 3. The number of aromatic nitrogens is 1. The first-order valence-electron chi connectivity index (χ1n) is 10.4. The number of anilines is 2. The van der Waals surface area contributed by atoms with Crippen molar-refractivity contribution in [3.63, 3.8) is 0 Å². The molecule has 2 aromatic carbocycles. The van der Waals surface area contributed by atoms with Crippen LogP contribution in [0, 0.1) is 3.57 Å². The molecule has 0 aromatic heterocycles. The normalized spacial score (nSPS) is 12.5. The number of hydrogen-bond acceptors (Lipinski definition) is 4. The summed E-state index contributed by atoms with van der Waals surface area (Å²) in [6.45, 7) is 13.1. The van der Waals surface area contributed by atoms with Crippen molar-refractivity contribution in [3.8, 4) is 11.5 Å². The molecule has 1 heterocycles. The maximum Gasteiger partial charge on any atom is 0.205 e. The van der Waals surface area contributed by atoms with Crippen molar-refractivity contribution in [1.29, 1.82) is 0 Å². The quantitative estimate of drug-likeness (QED) is 0.221. The van der Waals surface area contributed by atoms with E-state index in [0.29, 0.717) is 17.1 Å². The largest absolute Gasteiger partial charge is 0.452 e. The highest BCUT2D eigenvalue weighted by molar-refractivity contribution is 14.1. The van der Waals surface area contributed by atoms with Crippen molar-refractivity contribution in [2.75, 3.05) is 5.32 Å². The van der Waals surface area contributed by atoms with Gasteiger partial charge in [0.05, 0.1) is 11.4 Å². The summed E-state index contributed by atoms with van der Waals surface area (Å²) in [5, 5.41) is 3.25. The Morgan fingerprint density at radius 2 is 1.61 bits per heavy atom. The van der Waals surface area contributed by atoms with Gasteiger partial charge in [0, 0.05) is 15.2 Å². The molecule has 4 rings (SSSR count). The van der Waals surface area contributed by atoms with E-state index in [0.717, 1.165) is 25.9 Å². The molecule has 0 saturated heterocycles. The monoisotopic (exact) mass is 526 g/mol. The van der Waals surface area contributed by atoms with Gasteiger partial charge in [0.1, 0.15) is 11.2 Å². The number of fused-ring (bicyclic) bond motifs is 2. The molecule has 0 saturated carbocycles. The van der Waals surface area contributed by atoms with Crippen LogP contribution in [-0.4, -0.2) is 4.98 Å². The predicted octanol–water partition coefficient (Wildman–Crippen LogP) is 7.24. The molecule has 4 nitrogen and oxygen atoms in total. The van der Waals surface area contributed by atoms with Crippen LogP contribution in [0.5, 0.6) is 0 Å². The van der Waals surface area contributed by atoms with E-state index in [1.54, 1.807) is 6.07 Å². The zero-order valence-corrected chi connectivity index (χ0v) is 20.9. The smallest absolute Gasteiger partial charge is 0.205 e. The summed E-state index contributed by atoms with van der Waals surface area (Å²) in [7, 11) is 0. The van der Waals surface area contributed by atoms with Crippen LogP contribution in [0.2, 0.25) is 0 Å². The van der Waals surface area contributed by atoms with E-state index < -0.39 is 0 Å². The molecule has 0 radical (unpaired) electrons. The highest BCUT2D eigenvalue weighted by Gasteiger charge is 2.25. The third kappa shape index (κ3) is 4.33. The first kappa shape index (κ1) is 21.8. The summed E-state index contributed by atoms with van der Waals surface area (Å²) in [5.74, 6) is 0.500. The molecule has 0 fully saturated rings. The van der Waals surface area contributed by atoms with Crippen LogP contribution in [0.3, 0.4) is 0 Å². The topological polar surface area (TPSA) is 55.1 Å². The van der Waals surface area contributed by atoms with Crippen molar-refractivity contribution in [2.45, 2.75) is 52.4 Å². The van der Waals surface area contributed by atoms with Gasteiger partial charge in [0.25, 0.3) is 0 Å². The van der Waals surface area contributed by atoms with Crippen LogP contribution in [-0.2, 0) is 10.8 Å². The molecule has 1 aliphatic carbocycles. The number of rotatable bonds is 2. The molecule has 5 heteroatoms. The predicted molar refractivity (Wildman–Crippen MR) is 137 cm³/mol. The maximum atomic E-state index is 12.8. The Balaban J connectivity index is 1.95. The lowest BCUT2D eigenvalue weighted by Gasteiger charge is -2.26. The average molecular weight is 526 g/mol. The molecule has 1 aliphatic heterocycles. The molecule has 0 atom stereocenters. The lowest BCUT2D eigenvalue weighted by molar-refractivity contribution is 0.546. The van der Waals surface area contributed by atoms with Gasteiger partial charge in [-0.25, -0.2) is 4.98 Å². The Kier molecular flexibility index (Phi) is 5.36. The van der Waals surface area contributed by atoms with Crippen molar-refractivity contribution < 1.29 is 4.42 Å². The fraction of sp³-hybridized carbons (Fsp3) is 0.308. The lowest BCUT2D eigenvalue weighted by atomic mass is 9.80. The molecule has 0 spiro atoms. The first-order valence-corrected chi connectivity index (χ1v) is 11.5. The molecular weight excluding hydrogens is 499 g/mol. The van der Waals surface area contributed by atoms with E-state index in [1.807, 2.05) is 24.3 Å². The number of nitrogens with zero attached hydrogens (tertiary/aromatic N) is 1. The SMILES string of the molecule is CC(C)(C)c1cc(C(C)(C)C)c2oc3cc(=O)c(Nc4ccccc4I)cc-3nc2c1. The summed E-state index contributed by atoms with van der Waals surface area (Å²) in [6, 6.07) is 15.5. The van der Waals surface area contributed by atoms with Crippen molar-refractivity contribution in [2.24, 2.45) is 0 Å². The van der Waals surface area contributed by atoms with Crippen LogP contribution in [0.4, 0.5) is 11.4 Å². The van der Waals surface area contributed by atoms with Crippen LogP contribution < -0.4 is 10.7 Å². The third-order valence-corrected chi connectivity index (χ3v) is 6.34. The summed E-state index contributed by atoms with van der Waals surface area (Å²) < 4.78 is 7.33. The second kappa shape index (κ2) is 7.62. The van der Waals surface area contributed by atoms with E-state index in [-0.39, 0.29) is 16.3 Å². The van der Waals surface area contributed by atoms with Crippen molar-refractivity contribution in [3.05, 3.63) is 73.5 Å². The van der Waals surface area contributed by atoms with Gasteiger partial charge in [0.2, 0.25) is 5.43 Å². The Morgan fingerprint density at radius 3 is 2.26 bits per heavy atom. The van der Waals surface area contributed by atoms with E-state index in [9.17, 15) is 4.79 Å². The van der Waals surface area contributed by atoms with E-state index in [4.69, 9.17) is 9.40 Å². The number of nitrogens with one attached hydrogen (secondary N) is 1. The Morgan fingerprint density at radius 1 is 0.903 bits per heavy atom. The minimum absolute atomic E-state index is 0.0135. The number of hydrogen-bond donors (Lipinski definition) is 1. The summed E-state index contributed by atoms with van der Waals surface area (Å²) in [4.78, 5) is 17.7. The minimum atomic E-state index is -0.124. The first-order chi connectivity index (χ1) is 14.4. The fourth-order valence-electron chi connectivity index (χ4n) is 3.56. The van der Waals surface area contributed by atoms with Crippen LogP contribution >= 0.6 is 22.6 Å². The van der Waals surface area contributed by atoms with Gasteiger partial charge in [-0.2, -0.15) is 0 Å². The lowest BCUT2D eigenvalue weighted by Crippen LogP contribution is -2.17. The van der Waals surface area contributed by atoms with Gasteiger partial charge in [-0.1, -0.05) is 59.7 Å². The van der Waals surface area contributed by atoms with E-state index in [1.165, 1.54) is 11.6 Å². The molecule has 31 heavy (non-hydrogen) atoms. The van der Waals surface area contributed by atoms with E-state index in [2.05, 4.69) is 81.6 Å². The van der Waals surface area contributed by atoms with Gasteiger partial charge in [-0.05, 0) is 63.2 Å². The van der Waals surface area contributed by atoms with Gasteiger partial charge in [0.15, 0.2) is 11.3 Å². The Hall–Kier alpha value is -2.41. The maximum absolute atomic E-state index is 12.8. The van der Waals surface area contributed by atoms with Crippen molar-refractivity contribution in [1.82, 2.24) is 4.98 Å². The van der Waals surface area contributed by atoms with Gasteiger partial charge < -0.3 is 9.73 Å². The molecule has 0 bridgehead atoms. The second-order valence-corrected chi connectivity index (χ2v) is 11.2. The molecular formula is C26H27IN2O2. The summed E-state index contributed by atoms with van der Waals surface area (Å²) >= 11 is 2.25. The van der Waals surface area contributed by atoms with Gasteiger partial charge in [-0.15, -0.1) is 0 Å². The number of halogens is 1. The molecule has 0 amide bonds. The van der Waals surface area contributed by atoms with Crippen LogP contribution in [0.25, 0.3) is 22.6 Å². The minimum Gasteiger partial charge on any atom is -0.452 e. The van der Waals surface area contributed by atoms with Crippen LogP contribution in [0.15, 0.2) is 57.7 Å². The third-order valence-electron chi connectivity index (χ3n) is 5.40. The Labute approximate surface area is 196 Å². The molecule has 160 valence electrons.